The number of carbonyl (C=O) groups is 1. The first-order valence-corrected chi connectivity index (χ1v) is 12.0. The lowest BCUT2D eigenvalue weighted by atomic mass is 9.97. The number of fused-ring (bicyclic) bond motifs is 1. The Morgan fingerprint density at radius 1 is 0.941 bits per heavy atom. The number of rotatable bonds is 5. The number of quaternary nitrogens is 1. The monoisotopic (exact) mass is 454 g/mol. The van der Waals surface area contributed by atoms with Crippen LogP contribution in [0.5, 0.6) is 0 Å². The molecule has 0 radical (unpaired) electrons. The second-order valence-electron chi connectivity index (χ2n) is 9.09. The molecule has 2 aliphatic rings. The van der Waals surface area contributed by atoms with Gasteiger partial charge in [-0.3, -0.25) is 19.5 Å². The van der Waals surface area contributed by atoms with E-state index >= 15 is 0 Å². The lowest BCUT2D eigenvalue weighted by Gasteiger charge is -2.40. The topological polar surface area (TPSA) is 52.4 Å². The summed E-state index contributed by atoms with van der Waals surface area (Å²) in [6, 6.07) is 28.6. The Kier molecular flexibility index (Phi) is 6.70. The van der Waals surface area contributed by atoms with Crippen molar-refractivity contribution in [3.63, 3.8) is 0 Å². The van der Waals surface area contributed by atoms with Crippen LogP contribution < -0.4 is 15.1 Å². The first kappa shape index (κ1) is 22.3. The van der Waals surface area contributed by atoms with E-state index in [1.807, 2.05) is 48.5 Å². The lowest BCUT2D eigenvalue weighted by molar-refractivity contribution is -0.812. The molecule has 2 N–H and O–H groups in total. The Labute approximate surface area is 201 Å². The Morgan fingerprint density at radius 2 is 1.59 bits per heavy atom. The molecule has 3 aromatic carbocycles. The van der Waals surface area contributed by atoms with Gasteiger partial charge < -0.3 is 5.32 Å². The van der Waals surface area contributed by atoms with E-state index in [4.69, 9.17) is 4.99 Å². The third-order valence-corrected chi connectivity index (χ3v) is 6.71. The fourth-order valence-electron chi connectivity index (χ4n) is 4.82. The molecule has 1 amide bonds. The number of nitrogens with one attached hydrogen (secondary N) is 2. The van der Waals surface area contributed by atoms with Gasteiger partial charge in [0, 0.05) is 30.9 Å². The smallest absolute Gasteiger partial charge is 0.309 e. The molecule has 6 nitrogen and oxygen atoms in total. The van der Waals surface area contributed by atoms with Gasteiger partial charge in [-0.05, 0) is 30.8 Å². The predicted octanol–water partition coefficient (Wildman–Crippen LogP) is 2.77. The molecule has 3 aromatic rings. The third-order valence-electron chi connectivity index (χ3n) is 6.71. The standard InChI is InChI=1S/C28H31N5O/c1-31-16-18-32(19-17-31)28-30-25-15-9-8-14-24(25)26(33(28)23-12-6-3-7-13-23)20-27(34)29-21-22-10-4-2-5-11-22/h2-15,26H,16-21H2,1H3,(H,29,34)/p+1. The summed E-state index contributed by atoms with van der Waals surface area (Å²) < 4.78 is 0. The number of guanidine groups is 1. The van der Waals surface area contributed by atoms with Crippen LogP contribution in [-0.2, 0) is 11.3 Å². The first-order chi connectivity index (χ1) is 16.7. The molecule has 34 heavy (non-hydrogen) atoms. The van der Waals surface area contributed by atoms with Crippen molar-refractivity contribution >= 4 is 23.2 Å². The van der Waals surface area contributed by atoms with Crippen LogP contribution in [0.25, 0.3) is 0 Å². The van der Waals surface area contributed by atoms with Gasteiger partial charge in [-0.15, -0.1) is 0 Å². The molecule has 1 fully saturated rings. The zero-order valence-corrected chi connectivity index (χ0v) is 19.7. The van der Waals surface area contributed by atoms with Crippen LogP contribution in [0.1, 0.15) is 23.6 Å². The molecule has 0 bridgehead atoms. The summed E-state index contributed by atoms with van der Waals surface area (Å²) in [6.07, 6.45) is 0.366. The Hall–Kier alpha value is -3.48. The number of anilines is 1. The molecular weight excluding hydrogens is 422 g/mol. The zero-order valence-electron chi connectivity index (χ0n) is 19.7. The minimum Gasteiger partial charge on any atom is -0.352 e. The van der Waals surface area contributed by atoms with E-state index in [2.05, 4.69) is 58.6 Å². The maximum absolute atomic E-state index is 13.2. The summed E-state index contributed by atoms with van der Waals surface area (Å²) in [6.45, 7) is 4.58. The molecule has 0 saturated carbocycles. The number of piperazine rings is 1. The fourth-order valence-corrected chi connectivity index (χ4v) is 4.82. The zero-order chi connectivity index (χ0) is 23.3. The van der Waals surface area contributed by atoms with Crippen LogP contribution in [0.3, 0.4) is 0 Å². The van der Waals surface area contributed by atoms with Gasteiger partial charge in [0.05, 0.1) is 31.2 Å². The number of hydrogen-bond acceptors (Lipinski definition) is 4. The minimum absolute atomic E-state index is 0.0409. The fraction of sp³-hybridized carbons (Fsp3) is 0.286. The van der Waals surface area contributed by atoms with Gasteiger partial charge in [0.2, 0.25) is 5.91 Å². The molecule has 2 heterocycles. The highest BCUT2D eigenvalue weighted by Crippen LogP contribution is 2.38. The highest BCUT2D eigenvalue weighted by atomic mass is 16.1. The maximum Gasteiger partial charge on any atom is 0.309 e. The van der Waals surface area contributed by atoms with Crippen molar-refractivity contribution < 1.29 is 9.69 Å². The molecule has 0 aromatic heterocycles. The molecule has 6 heteroatoms. The number of benzene rings is 3. The second-order valence-corrected chi connectivity index (χ2v) is 9.09. The summed E-state index contributed by atoms with van der Waals surface area (Å²) in [7, 11) is 2.17. The molecule has 5 rings (SSSR count). The summed E-state index contributed by atoms with van der Waals surface area (Å²) >= 11 is 0. The van der Waals surface area contributed by atoms with Gasteiger partial charge in [0.1, 0.15) is 0 Å². The summed E-state index contributed by atoms with van der Waals surface area (Å²) in [5.41, 5.74) is 4.24. The SMILES string of the molecule is CN1CC[NH+](C2=Nc3ccccc3C(CC(=O)NCc3ccccc3)N2c2ccccc2)CC1. The number of likely N-dealkylation sites (N-methyl/N-ethyl adjacent to an activating group) is 1. The largest absolute Gasteiger partial charge is 0.352 e. The van der Waals surface area contributed by atoms with Crippen molar-refractivity contribution in [1.82, 2.24) is 10.2 Å². The molecule has 2 aliphatic heterocycles. The van der Waals surface area contributed by atoms with Gasteiger partial charge in [-0.25, -0.2) is 0 Å². The molecular formula is C28H32N5O+. The summed E-state index contributed by atoms with van der Waals surface area (Å²) in [5, 5.41) is 3.13. The van der Waals surface area contributed by atoms with E-state index in [9.17, 15) is 4.79 Å². The van der Waals surface area contributed by atoms with Crippen LogP contribution in [0, 0.1) is 0 Å². The van der Waals surface area contributed by atoms with Crippen molar-refractivity contribution in [2.75, 3.05) is 38.1 Å². The normalized spacial score (nSPS) is 18.8. The van der Waals surface area contributed by atoms with Crippen LogP contribution in [0.15, 0.2) is 89.9 Å². The molecule has 1 unspecified atom stereocenters. The Morgan fingerprint density at radius 3 is 2.32 bits per heavy atom. The van der Waals surface area contributed by atoms with E-state index in [1.165, 1.54) is 4.90 Å². The quantitative estimate of drug-likeness (QED) is 0.623. The summed E-state index contributed by atoms with van der Waals surface area (Å²) in [5.74, 6) is 1.05. The summed E-state index contributed by atoms with van der Waals surface area (Å²) in [4.78, 5) is 24.4. The number of amides is 1. The highest BCUT2D eigenvalue weighted by molar-refractivity contribution is 5.96. The highest BCUT2D eigenvalue weighted by Gasteiger charge is 2.39. The van der Waals surface area contributed by atoms with Gasteiger partial charge in [-0.1, -0.05) is 66.7 Å². The van der Waals surface area contributed by atoms with Gasteiger partial charge >= 0.3 is 5.96 Å². The van der Waals surface area contributed by atoms with Crippen molar-refractivity contribution in [3.05, 3.63) is 96.1 Å². The number of hydrogen-bond donors (Lipinski definition) is 2. The van der Waals surface area contributed by atoms with Crippen LogP contribution in [-0.4, -0.2) is 50.0 Å². The van der Waals surface area contributed by atoms with Crippen molar-refractivity contribution in [1.29, 1.82) is 0 Å². The Bertz CT molecular complexity index is 1140. The van der Waals surface area contributed by atoms with Crippen LogP contribution in [0.4, 0.5) is 11.4 Å². The Balaban J connectivity index is 1.47. The maximum atomic E-state index is 13.2. The number of aliphatic imine (C=N–C) groups is 1. The van der Waals surface area contributed by atoms with Crippen LogP contribution >= 0.6 is 0 Å². The second kappa shape index (κ2) is 10.2. The van der Waals surface area contributed by atoms with Crippen molar-refractivity contribution in [2.45, 2.75) is 19.0 Å². The average molecular weight is 455 g/mol. The molecule has 0 spiro atoms. The van der Waals surface area contributed by atoms with E-state index in [0.29, 0.717) is 13.0 Å². The van der Waals surface area contributed by atoms with Crippen LogP contribution in [0.2, 0.25) is 0 Å². The lowest BCUT2D eigenvalue weighted by Crippen LogP contribution is -3.19. The number of para-hydroxylation sites is 2. The molecule has 174 valence electrons. The van der Waals surface area contributed by atoms with Crippen molar-refractivity contribution in [2.24, 2.45) is 4.99 Å². The predicted molar refractivity (Wildman–Crippen MR) is 136 cm³/mol. The molecule has 1 atom stereocenters. The average Bonchev–Trinajstić information content (AvgIpc) is 2.89. The third kappa shape index (κ3) is 4.88. The number of carbonyl (C=O) groups excluding carboxylic acids is 1. The van der Waals surface area contributed by atoms with Crippen molar-refractivity contribution in [3.8, 4) is 0 Å². The van der Waals surface area contributed by atoms with E-state index < -0.39 is 0 Å². The number of nitrogens with zero attached hydrogens (tertiary/aromatic N) is 3. The molecule has 0 aliphatic carbocycles. The first-order valence-electron chi connectivity index (χ1n) is 12.0. The minimum atomic E-state index is -0.117. The van der Waals surface area contributed by atoms with E-state index in [0.717, 1.165) is 54.6 Å². The van der Waals surface area contributed by atoms with Gasteiger partial charge in [-0.2, -0.15) is 4.99 Å². The molecule has 1 saturated heterocycles. The van der Waals surface area contributed by atoms with Gasteiger partial charge in [0.25, 0.3) is 0 Å². The van der Waals surface area contributed by atoms with E-state index in [-0.39, 0.29) is 11.9 Å². The van der Waals surface area contributed by atoms with E-state index in [1.54, 1.807) is 0 Å². The van der Waals surface area contributed by atoms with Gasteiger partial charge in [0.15, 0.2) is 0 Å².